The third-order valence-corrected chi connectivity index (χ3v) is 9.01. The van der Waals surface area contributed by atoms with Crippen LogP contribution >= 0.6 is 0 Å². The van der Waals surface area contributed by atoms with Gasteiger partial charge in [0, 0.05) is 19.9 Å². The van der Waals surface area contributed by atoms with E-state index in [1.54, 1.807) is 14.2 Å². The van der Waals surface area contributed by atoms with Crippen molar-refractivity contribution < 1.29 is 9.47 Å². The molecule has 0 saturated heterocycles. The number of hydrogen-bond acceptors (Lipinski definition) is 2. The summed E-state index contributed by atoms with van der Waals surface area (Å²) in [6.07, 6.45) is 0. The molecule has 3 heteroatoms. The van der Waals surface area contributed by atoms with Crippen molar-refractivity contribution in [1.82, 2.24) is 0 Å². The molecule has 0 radical (unpaired) electrons. The Bertz CT molecular complexity index is 143. The number of hydrogen-bond donors (Lipinski definition) is 0. The molecule has 0 amide bonds. The van der Waals surface area contributed by atoms with Crippen LogP contribution in [0.25, 0.3) is 0 Å². The summed E-state index contributed by atoms with van der Waals surface area (Å²) < 4.78 is 10.9. The van der Waals surface area contributed by atoms with Crippen LogP contribution in [0.2, 0.25) is 13.1 Å². The highest BCUT2D eigenvalue weighted by molar-refractivity contribution is 6.81. The first-order valence-corrected chi connectivity index (χ1v) is 7.45. The Morgan fingerprint density at radius 3 is 1.83 bits per heavy atom. The summed E-state index contributed by atoms with van der Waals surface area (Å²) in [5.74, 6) is 0. The summed E-state index contributed by atoms with van der Waals surface area (Å²) in [6.45, 7) is 11.0. The Balaban J connectivity index is 4.58. The van der Waals surface area contributed by atoms with Crippen LogP contribution in [0.4, 0.5) is 0 Å². The normalized spacial score (nSPS) is 16.2. The minimum Gasteiger partial charge on any atom is -0.385 e. The van der Waals surface area contributed by atoms with E-state index in [2.05, 4.69) is 33.9 Å². The largest absolute Gasteiger partial charge is 0.385 e. The van der Waals surface area contributed by atoms with Gasteiger partial charge >= 0.3 is 0 Å². The van der Waals surface area contributed by atoms with Crippen LogP contribution in [-0.4, -0.2) is 33.2 Å². The molecule has 1 atom stereocenters. The predicted molar refractivity (Wildman–Crippen MR) is 55.0 cm³/mol. The van der Waals surface area contributed by atoms with Crippen molar-refractivity contribution in [3.05, 3.63) is 0 Å². The van der Waals surface area contributed by atoms with Gasteiger partial charge in [-0.2, -0.15) is 0 Å². The lowest BCUT2D eigenvalue weighted by Gasteiger charge is -2.42. The van der Waals surface area contributed by atoms with Crippen molar-refractivity contribution in [2.45, 2.75) is 44.8 Å². The molecule has 0 aromatic carbocycles. The topological polar surface area (TPSA) is 18.5 Å². The highest BCUT2D eigenvalue weighted by Gasteiger charge is 2.44. The molecule has 0 saturated carbocycles. The lowest BCUT2D eigenvalue weighted by Crippen LogP contribution is -2.59. The predicted octanol–water partition coefficient (Wildman–Crippen LogP) is 2.23. The molecule has 0 aromatic rings. The second kappa shape index (κ2) is 3.90. The summed E-state index contributed by atoms with van der Waals surface area (Å²) in [6, 6.07) is 0. The number of methoxy groups -OCH3 is 2. The molecule has 0 spiro atoms. The van der Waals surface area contributed by atoms with Gasteiger partial charge in [0.1, 0.15) is 8.07 Å². The second-order valence-electron chi connectivity index (χ2n) is 4.31. The van der Waals surface area contributed by atoms with Crippen LogP contribution in [-0.2, 0) is 9.47 Å². The molecule has 0 heterocycles. The van der Waals surface area contributed by atoms with Gasteiger partial charge in [-0.25, -0.2) is 0 Å². The summed E-state index contributed by atoms with van der Waals surface area (Å²) in [5, 5.41) is -0.0254. The van der Waals surface area contributed by atoms with E-state index in [1.807, 2.05) is 0 Å². The average Bonchev–Trinajstić information content (AvgIpc) is 2.02. The van der Waals surface area contributed by atoms with Gasteiger partial charge in [0.2, 0.25) is 0 Å². The molecule has 0 aliphatic rings. The minimum atomic E-state index is -1.48. The molecule has 0 bridgehead atoms. The van der Waals surface area contributed by atoms with E-state index in [0.29, 0.717) is 5.73 Å². The van der Waals surface area contributed by atoms with Gasteiger partial charge < -0.3 is 9.47 Å². The highest BCUT2D eigenvalue weighted by Crippen LogP contribution is 2.27. The first-order chi connectivity index (χ1) is 5.29. The SMILES string of the molecule is COC(C)[Si](C)(C)C(C)(C)OC. The molecule has 0 aliphatic carbocycles. The van der Waals surface area contributed by atoms with Crippen LogP contribution in [0.5, 0.6) is 0 Å². The van der Waals surface area contributed by atoms with E-state index in [4.69, 9.17) is 9.47 Å². The summed E-state index contributed by atoms with van der Waals surface area (Å²) >= 11 is 0. The Labute approximate surface area is 77.3 Å². The monoisotopic (exact) mass is 190 g/mol. The van der Waals surface area contributed by atoms with Gasteiger partial charge in [0.05, 0.1) is 5.22 Å². The molecule has 0 rings (SSSR count). The van der Waals surface area contributed by atoms with Gasteiger partial charge in [0.25, 0.3) is 0 Å². The summed E-state index contributed by atoms with van der Waals surface area (Å²) in [4.78, 5) is 0. The molecule has 2 nitrogen and oxygen atoms in total. The third kappa shape index (κ3) is 2.09. The average molecular weight is 190 g/mol. The third-order valence-electron chi connectivity index (χ3n) is 3.43. The minimum absolute atomic E-state index is 0.0254. The van der Waals surface area contributed by atoms with Gasteiger partial charge in [-0.3, -0.25) is 0 Å². The Hall–Kier alpha value is 0.137. The van der Waals surface area contributed by atoms with Crippen LogP contribution in [0.15, 0.2) is 0 Å². The Morgan fingerprint density at radius 2 is 1.58 bits per heavy atom. The van der Waals surface area contributed by atoms with E-state index in [9.17, 15) is 0 Å². The molecule has 12 heavy (non-hydrogen) atoms. The zero-order valence-electron chi connectivity index (χ0n) is 9.39. The fourth-order valence-corrected chi connectivity index (χ4v) is 3.14. The van der Waals surface area contributed by atoms with E-state index < -0.39 is 8.07 Å². The van der Waals surface area contributed by atoms with Gasteiger partial charge in [-0.05, 0) is 20.8 Å². The smallest absolute Gasteiger partial charge is 0.117 e. The molecule has 0 aromatic heterocycles. The maximum atomic E-state index is 5.51. The van der Waals surface area contributed by atoms with Crippen molar-refractivity contribution in [2.24, 2.45) is 0 Å². The standard InChI is InChI=1S/C9H22O2Si/c1-8(10-4)12(6,7)9(2,3)11-5/h8H,1-7H3. The van der Waals surface area contributed by atoms with Crippen LogP contribution in [0.3, 0.4) is 0 Å². The van der Waals surface area contributed by atoms with Crippen molar-refractivity contribution in [2.75, 3.05) is 14.2 Å². The van der Waals surface area contributed by atoms with Crippen molar-refractivity contribution in [1.29, 1.82) is 0 Å². The lowest BCUT2D eigenvalue weighted by atomic mass is 10.5. The Kier molecular flexibility index (Phi) is 3.94. The fraction of sp³-hybridized carbons (Fsp3) is 1.00. The maximum absolute atomic E-state index is 5.51. The van der Waals surface area contributed by atoms with Crippen LogP contribution in [0.1, 0.15) is 20.8 Å². The van der Waals surface area contributed by atoms with Crippen molar-refractivity contribution in [3.8, 4) is 0 Å². The van der Waals surface area contributed by atoms with E-state index in [1.165, 1.54) is 0 Å². The molecule has 0 N–H and O–H groups in total. The van der Waals surface area contributed by atoms with Crippen LogP contribution in [0, 0.1) is 0 Å². The van der Waals surface area contributed by atoms with Crippen molar-refractivity contribution >= 4 is 8.07 Å². The molecular formula is C9H22O2Si. The fourth-order valence-electron chi connectivity index (χ4n) is 1.05. The first kappa shape index (κ1) is 12.1. The molecular weight excluding hydrogens is 168 g/mol. The maximum Gasteiger partial charge on any atom is 0.117 e. The zero-order chi connectivity index (χ0) is 9.99. The van der Waals surface area contributed by atoms with Gasteiger partial charge in [-0.15, -0.1) is 0 Å². The van der Waals surface area contributed by atoms with Gasteiger partial charge in [0.15, 0.2) is 0 Å². The molecule has 0 fully saturated rings. The van der Waals surface area contributed by atoms with E-state index in [-0.39, 0.29) is 5.22 Å². The summed E-state index contributed by atoms with van der Waals surface area (Å²) in [7, 11) is 2.07. The first-order valence-electron chi connectivity index (χ1n) is 4.37. The molecule has 0 aliphatic heterocycles. The zero-order valence-corrected chi connectivity index (χ0v) is 10.4. The van der Waals surface area contributed by atoms with Gasteiger partial charge in [-0.1, -0.05) is 13.1 Å². The van der Waals surface area contributed by atoms with Crippen molar-refractivity contribution in [3.63, 3.8) is 0 Å². The number of rotatable bonds is 4. The second-order valence-corrected chi connectivity index (χ2v) is 9.77. The van der Waals surface area contributed by atoms with E-state index in [0.717, 1.165) is 0 Å². The Morgan fingerprint density at radius 1 is 1.17 bits per heavy atom. The number of ether oxygens (including phenoxy) is 2. The van der Waals surface area contributed by atoms with Crippen LogP contribution < -0.4 is 0 Å². The molecule has 1 unspecified atom stereocenters. The van der Waals surface area contributed by atoms with E-state index >= 15 is 0 Å². The molecule has 74 valence electrons. The summed E-state index contributed by atoms with van der Waals surface area (Å²) in [5.41, 5.74) is 0.326. The quantitative estimate of drug-likeness (QED) is 0.633. The lowest BCUT2D eigenvalue weighted by molar-refractivity contribution is 0.0698. The highest BCUT2D eigenvalue weighted by atomic mass is 28.3.